The Morgan fingerprint density at radius 1 is 1.40 bits per heavy atom. The summed E-state index contributed by atoms with van der Waals surface area (Å²) in [5, 5.41) is 0.711. The van der Waals surface area contributed by atoms with Gasteiger partial charge < -0.3 is 5.73 Å². The van der Waals surface area contributed by atoms with Crippen LogP contribution in [-0.2, 0) is 6.54 Å². The summed E-state index contributed by atoms with van der Waals surface area (Å²) >= 11 is 5.95. The smallest absolute Gasteiger partial charge is 0.0429 e. The van der Waals surface area contributed by atoms with Crippen LogP contribution in [0.1, 0.15) is 25.8 Å². The number of nitrogens with zero attached hydrogens (tertiary/aromatic N) is 1. The van der Waals surface area contributed by atoms with Crippen LogP contribution in [0.4, 0.5) is 5.69 Å². The first-order valence-corrected chi connectivity index (χ1v) is 5.66. The van der Waals surface area contributed by atoms with Gasteiger partial charge in [0.2, 0.25) is 0 Å². The summed E-state index contributed by atoms with van der Waals surface area (Å²) in [6.07, 6.45) is 1.15. The van der Waals surface area contributed by atoms with Crippen molar-refractivity contribution in [3.8, 4) is 0 Å². The molecule has 0 amide bonds. The van der Waals surface area contributed by atoms with Gasteiger partial charge in [0.25, 0.3) is 0 Å². The monoisotopic (exact) mass is 226 g/mol. The molecule has 1 aromatic rings. The highest BCUT2D eigenvalue weighted by atomic mass is 35.5. The normalized spacial score (nSPS) is 13.1. The molecule has 0 radical (unpaired) electrons. The first kappa shape index (κ1) is 12.3. The van der Waals surface area contributed by atoms with Crippen LogP contribution in [0.2, 0.25) is 5.02 Å². The summed E-state index contributed by atoms with van der Waals surface area (Å²) in [5.74, 6) is 0. The number of hydrogen-bond acceptors (Lipinski definition) is 2. The molecule has 3 heteroatoms. The van der Waals surface area contributed by atoms with Crippen LogP contribution in [-0.4, -0.2) is 18.0 Å². The maximum atomic E-state index is 5.95. The van der Waals surface area contributed by atoms with Crippen LogP contribution < -0.4 is 5.73 Å². The molecule has 0 aliphatic heterocycles. The van der Waals surface area contributed by atoms with Gasteiger partial charge in [-0.05, 0) is 44.2 Å². The predicted molar refractivity (Wildman–Crippen MR) is 67.1 cm³/mol. The summed E-state index contributed by atoms with van der Waals surface area (Å²) < 4.78 is 0. The van der Waals surface area contributed by atoms with Gasteiger partial charge in [-0.2, -0.15) is 0 Å². The molecule has 2 nitrogen and oxygen atoms in total. The van der Waals surface area contributed by atoms with Crippen LogP contribution in [0.5, 0.6) is 0 Å². The van der Waals surface area contributed by atoms with Gasteiger partial charge in [0.15, 0.2) is 0 Å². The van der Waals surface area contributed by atoms with Gasteiger partial charge in [0.05, 0.1) is 0 Å². The Morgan fingerprint density at radius 3 is 2.60 bits per heavy atom. The summed E-state index contributed by atoms with van der Waals surface area (Å²) in [6, 6.07) is 6.29. The van der Waals surface area contributed by atoms with Crippen molar-refractivity contribution in [1.82, 2.24) is 4.90 Å². The number of nitrogens with two attached hydrogens (primary N) is 1. The van der Waals surface area contributed by atoms with Gasteiger partial charge in [0.1, 0.15) is 0 Å². The second kappa shape index (κ2) is 5.38. The minimum absolute atomic E-state index is 0.574. The summed E-state index contributed by atoms with van der Waals surface area (Å²) in [5.41, 5.74) is 7.64. The molecule has 0 saturated carbocycles. The van der Waals surface area contributed by atoms with Gasteiger partial charge in [-0.25, -0.2) is 0 Å². The molecule has 15 heavy (non-hydrogen) atoms. The van der Waals surface area contributed by atoms with Gasteiger partial charge in [0, 0.05) is 23.3 Å². The third-order valence-electron chi connectivity index (χ3n) is 2.76. The fourth-order valence-corrected chi connectivity index (χ4v) is 1.79. The number of benzene rings is 1. The van der Waals surface area contributed by atoms with Crippen molar-refractivity contribution in [2.75, 3.05) is 12.8 Å². The van der Waals surface area contributed by atoms with Gasteiger partial charge in [-0.1, -0.05) is 18.5 Å². The van der Waals surface area contributed by atoms with Crippen LogP contribution in [0.25, 0.3) is 0 Å². The van der Waals surface area contributed by atoms with Crippen LogP contribution in [0.3, 0.4) is 0 Å². The number of hydrogen-bond donors (Lipinski definition) is 1. The molecule has 0 saturated heterocycles. The van der Waals surface area contributed by atoms with Crippen molar-refractivity contribution in [1.29, 1.82) is 0 Å². The maximum Gasteiger partial charge on any atom is 0.0429 e. The van der Waals surface area contributed by atoms with Crippen molar-refractivity contribution in [2.24, 2.45) is 0 Å². The van der Waals surface area contributed by atoms with E-state index in [-0.39, 0.29) is 0 Å². The van der Waals surface area contributed by atoms with Gasteiger partial charge in [-0.3, -0.25) is 4.90 Å². The lowest BCUT2D eigenvalue weighted by molar-refractivity contribution is 0.244. The van der Waals surface area contributed by atoms with E-state index in [1.54, 1.807) is 6.07 Å². The summed E-state index contributed by atoms with van der Waals surface area (Å²) in [4.78, 5) is 2.30. The Labute approximate surface area is 97.0 Å². The predicted octanol–water partition coefficient (Wildman–Crippen LogP) is 3.15. The highest BCUT2D eigenvalue weighted by Crippen LogP contribution is 2.18. The standard InChI is InChI=1S/C12H19ClN2/c1-4-9(2)15(3)8-10-5-11(13)7-12(14)6-10/h5-7,9H,4,8,14H2,1-3H3. The molecule has 1 unspecified atom stereocenters. The molecule has 84 valence electrons. The van der Waals surface area contributed by atoms with E-state index in [1.165, 1.54) is 5.56 Å². The minimum Gasteiger partial charge on any atom is -0.399 e. The van der Waals surface area contributed by atoms with E-state index in [1.807, 2.05) is 12.1 Å². The van der Waals surface area contributed by atoms with E-state index < -0.39 is 0 Å². The SMILES string of the molecule is CCC(C)N(C)Cc1cc(N)cc(Cl)c1. The Hall–Kier alpha value is -0.730. The third kappa shape index (κ3) is 3.73. The van der Waals surface area contributed by atoms with Crippen LogP contribution in [0, 0.1) is 0 Å². The fourth-order valence-electron chi connectivity index (χ4n) is 1.52. The fraction of sp³-hybridized carbons (Fsp3) is 0.500. The van der Waals surface area contributed by atoms with Crippen molar-refractivity contribution in [3.63, 3.8) is 0 Å². The quantitative estimate of drug-likeness (QED) is 0.800. The van der Waals surface area contributed by atoms with E-state index in [2.05, 4.69) is 25.8 Å². The van der Waals surface area contributed by atoms with E-state index in [0.29, 0.717) is 11.1 Å². The Bertz CT molecular complexity index is 305. The number of halogens is 1. The molecule has 0 aromatic heterocycles. The van der Waals surface area contributed by atoms with E-state index in [0.717, 1.165) is 18.7 Å². The highest BCUT2D eigenvalue weighted by molar-refractivity contribution is 6.30. The average molecular weight is 227 g/mol. The van der Waals surface area contributed by atoms with Crippen molar-refractivity contribution >= 4 is 17.3 Å². The zero-order valence-electron chi connectivity index (χ0n) is 9.63. The Balaban J connectivity index is 2.72. The molecule has 0 heterocycles. The number of rotatable bonds is 4. The van der Waals surface area contributed by atoms with Gasteiger partial charge in [-0.15, -0.1) is 0 Å². The summed E-state index contributed by atoms with van der Waals surface area (Å²) in [7, 11) is 2.12. The lowest BCUT2D eigenvalue weighted by Crippen LogP contribution is -2.27. The Kier molecular flexibility index (Phi) is 4.43. The molecule has 0 spiro atoms. The summed E-state index contributed by atoms with van der Waals surface area (Å²) in [6.45, 7) is 5.29. The Morgan fingerprint density at radius 2 is 2.07 bits per heavy atom. The molecule has 0 aliphatic rings. The topological polar surface area (TPSA) is 29.3 Å². The van der Waals surface area contributed by atoms with Crippen LogP contribution in [0.15, 0.2) is 18.2 Å². The van der Waals surface area contributed by atoms with Crippen molar-refractivity contribution in [2.45, 2.75) is 32.9 Å². The second-order valence-corrected chi connectivity index (χ2v) is 4.50. The second-order valence-electron chi connectivity index (χ2n) is 4.07. The van der Waals surface area contributed by atoms with E-state index in [9.17, 15) is 0 Å². The third-order valence-corrected chi connectivity index (χ3v) is 2.97. The zero-order chi connectivity index (χ0) is 11.4. The molecule has 0 aliphatic carbocycles. The molecular formula is C12H19ClN2. The van der Waals surface area contributed by atoms with Crippen molar-refractivity contribution < 1.29 is 0 Å². The van der Waals surface area contributed by atoms with E-state index in [4.69, 9.17) is 17.3 Å². The number of anilines is 1. The molecule has 1 rings (SSSR count). The zero-order valence-corrected chi connectivity index (χ0v) is 10.4. The van der Waals surface area contributed by atoms with Gasteiger partial charge >= 0.3 is 0 Å². The lowest BCUT2D eigenvalue weighted by Gasteiger charge is -2.23. The molecule has 1 aromatic carbocycles. The van der Waals surface area contributed by atoms with Crippen LogP contribution >= 0.6 is 11.6 Å². The van der Waals surface area contributed by atoms with E-state index >= 15 is 0 Å². The maximum absolute atomic E-state index is 5.95. The average Bonchev–Trinajstić information content (AvgIpc) is 2.14. The lowest BCUT2D eigenvalue weighted by atomic mass is 10.1. The largest absolute Gasteiger partial charge is 0.399 e. The first-order chi connectivity index (χ1) is 7.02. The molecular weight excluding hydrogens is 208 g/mol. The van der Waals surface area contributed by atoms with Crippen molar-refractivity contribution in [3.05, 3.63) is 28.8 Å². The first-order valence-electron chi connectivity index (χ1n) is 5.28. The molecule has 2 N–H and O–H groups in total. The minimum atomic E-state index is 0.574. The molecule has 0 fully saturated rings. The molecule has 1 atom stereocenters. The number of nitrogen functional groups attached to an aromatic ring is 1. The highest BCUT2D eigenvalue weighted by Gasteiger charge is 2.07. The molecule has 0 bridgehead atoms.